The van der Waals surface area contributed by atoms with Gasteiger partial charge < -0.3 is 10.2 Å². The van der Waals surface area contributed by atoms with Gasteiger partial charge in [0, 0.05) is 17.7 Å². The van der Waals surface area contributed by atoms with Gasteiger partial charge in [-0.05, 0) is 12.1 Å². The average molecular weight is 269 g/mol. The Morgan fingerprint density at radius 3 is 3.00 bits per heavy atom. The third kappa shape index (κ3) is 2.92. The van der Waals surface area contributed by atoms with Crippen molar-refractivity contribution in [3.05, 3.63) is 34.9 Å². The van der Waals surface area contributed by atoms with E-state index in [0.717, 1.165) is 0 Å². The normalized spacial score (nSPS) is 13.0. The Labute approximate surface area is 108 Å². The molecule has 6 nitrogen and oxygen atoms in total. The molecular weight excluding hydrogens is 254 g/mol. The molecule has 0 amide bonds. The first-order valence-corrected chi connectivity index (χ1v) is 6.78. The van der Waals surface area contributed by atoms with Crippen LogP contribution in [0.1, 0.15) is 0 Å². The quantitative estimate of drug-likeness (QED) is 0.696. The van der Waals surface area contributed by atoms with Gasteiger partial charge in [-0.3, -0.25) is 4.40 Å². The summed E-state index contributed by atoms with van der Waals surface area (Å²) in [5, 5.41) is 22.0. The summed E-state index contributed by atoms with van der Waals surface area (Å²) in [6.45, 7) is 0.255. The molecule has 0 aliphatic rings. The molecule has 0 spiro atoms. The summed E-state index contributed by atoms with van der Waals surface area (Å²) >= 11 is 1.48. The second-order valence-electron chi connectivity index (χ2n) is 3.85. The third-order valence-electron chi connectivity index (χ3n) is 2.46. The Balaban J connectivity index is 1.96. The lowest BCUT2D eigenvalue weighted by Gasteiger charge is -2.05. The zero-order chi connectivity index (χ0) is 13.0. The van der Waals surface area contributed by atoms with E-state index >= 15 is 0 Å². The van der Waals surface area contributed by atoms with E-state index in [0.29, 0.717) is 23.7 Å². The van der Waals surface area contributed by atoms with Gasteiger partial charge in [-0.1, -0.05) is 6.07 Å². The second kappa shape index (κ2) is 6.03. The van der Waals surface area contributed by atoms with Crippen molar-refractivity contribution in [3.63, 3.8) is 0 Å². The number of hydrogen-bond donors (Lipinski definition) is 2. The highest BCUT2D eigenvalue weighted by Gasteiger charge is 2.06. The van der Waals surface area contributed by atoms with Crippen molar-refractivity contribution >= 4 is 17.4 Å². The fourth-order valence-corrected chi connectivity index (χ4v) is 2.38. The summed E-state index contributed by atoms with van der Waals surface area (Å²) < 4.78 is 2.90. The van der Waals surface area contributed by atoms with Gasteiger partial charge in [0.2, 0.25) is 0 Å². The number of aliphatic hydroxyl groups is 2. The number of pyridine rings is 1. The van der Waals surface area contributed by atoms with Crippen LogP contribution >= 0.6 is 11.8 Å². The van der Waals surface area contributed by atoms with Crippen LogP contribution in [0.4, 0.5) is 0 Å². The summed E-state index contributed by atoms with van der Waals surface area (Å²) in [7, 11) is 0. The highest BCUT2D eigenvalue weighted by atomic mass is 32.2. The topological polar surface area (TPSA) is 79.8 Å². The molecular formula is C11H15N3O3S. The maximum atomic E-state index is 11.9. The standard InChI is InChI=1S/C11H15N3O3S/c15-7-9(16)8-18-6-5-14-11(17)13-4-2-1-3-10(13)12-14/h1-4,9,15-16H,5-8H2. The Morgan fingerprint density at radius 2 is 2.28 bits per heavy atom. The van der Waals surface area contributed by atoms with Gasteiger partial charge in [0.1, 0.15) is 0 Å². The predicted octanol–water partition coefficient (Wildman–Crippen LogP) is -0.418. The van der Waals surface area contributed by atoms with Crippen LogP contribution in [-0.2, 0) is 6.54 Å². The SMILES string of the molecule is O=c1n(CCSCC(O)CO)nc2ccccn12. The van der Waals surface area contributed by atoms with Crippen LogP contribution in [0.15, 0.2) is 29.2 Å². The summed E-state index contributed by atoms with van der Waals surface area (Å²) in [4.78, 5) is 11.9. The Bertz CT molecular complexity index is 566. The van der Waals surface area contributed by atoms with Gasteiger partial charge in [0.05, 0.1) is 19.3 Å². The molecule has 98 valence electrons. The van der Waals surface area contributed by atoms with Crippen LogP contribution in [0, 0.1) is 0 Å². The van der Waals surface area contributed by atoms with Crippen molar-refractivity contribution in [2.24, 2.45) is 0 Å². The smallest absolute Gasteiger partial charge is 0.350 e. The number of thioether (sulfide) groups is 1. The molecule has 18 heavy (non-hydrogen) atoms. The lowest BCUT2D eigenvalue weighted by atomic mass is 10.4. The van der Waals surface area contributed by atoms with E-state index in [1.165, 1.54) is 20.8 Å². The van der Waals surface area contributed by atoms with Gasteiger partial charge in [-0.15, -0.1) is 5.10 Å². The van der Waals surface area contributed by atoms with Gasteiger partial charge in [-0.25, -0.2) is 9.48 Å². The number of aliphatic hydroxyl groups excluding tert-OH is 2. The first kappa shape index (κ1) is 13.1. The predicted molar refractivity (Wildman–Crippen MR) is 69.9 cm³/mol. The van der Waals surface area contributed by atoms with Crippen molar-refractivity contribution in [2.75, 3.05) is 18.1 Å². The number of nitrogens with zero attached hydrogens (tertiary/aromatic N) is 3. The van der Waals surface area contributed by atoms with Crippen molar-refractivity contribution in [3.8, 4) is 0 Å². The monoisotopic (exact) mass is 269 g/mol. The number of aryl methyl sites for hydroxylation is 1. The molecule has 2 N–H and O–H groups in total. The third-order valence-corrected chi connectivity index (χ3v) is 3.55. The van der Waals surface area contributed by atoms with E-state index in [4.69, 9.17) is 10.2 Å². The molecule has 0 fully saturated rings. The molecule has 0 bridgehead atoms. The molecule has 2 heterocycles. The van der Waals surface area contributed by atoms with E-state index in [1.54, 1.807) is 18.3 Å². The maximum absolute atomic E-state index is 11.9. The Kier molecular flexibility index (Phi) is 4.40. The largest absolute Gasteiger partial charge is 0.394 e. The van der Waals surface area contributed by atoms with Gasteiger partial charge in [0.15, 0.2) is 5.65 Å². The van der Waals surface area contributed by atoms with Crippen LogP contribution in [-0.4, -0.2) is 48.6 Å². The Hall–Kier alpha value is -1.31. The van der Waals surface area contributed by atoms with Crippen molar-refractivity contribution < 1.29 is 10.2 Å². The van der Waals surface area contributed by atoms with E-state index in [-0.39, 0.29) is 12.3 Å². The van der Waals surface area contributed by atoms with Gasteiger partial charge in [-0.2, -0.15) is 11.8 Å². The fraction of sp³-hybridized carbons (Fsp3) is 0.455. The van der Waals surface area contributed by atoms with Crippen LogP contribution in [0.25, 0.3) is 5.65 Å². The van der Waals surface area contributed by atoms with E-state index in [2.05, 4.69) is 5.10 Å². The summed E-state index contributed by atoms with van der Waals surface area (Å²) in [6, 6.07) is 5.39. The van der Waals surface area contributed by atoms with Crippen LogP contribution < -0.4 is 5.69 Å². The molecule has 0 saturated carbocycles. The average Bonchev–Trinajstić information content (AvgIpc) is 2.72. The van der Waals surface area contributed by atoms with E-state index in [1.807, 2.05) is 6.07 Å². The van der Waals surface area contributed by atoms with Crippen LogP contribution in [0.2, 0.25) is 0 Å². The zero-order valence-electron chi connectivity index (χ0n) is 9.77. The molecule has 0 aliphatic heterocycles. The summed E-state index contributed by atoms with van der Waals surface area (Å²) in [5.41, 5.74) is 0.469. The van der Waals surface area contributed by atoms with Crippen LogP contribution in [0.3, 0.4) is 0 Å². The van der Waals surface area contributed by atoms with E-state index in [9.17, 15) is 4.79 Å². The molecule has 2 aromatic rings. The van der Waals surface area contributed by atoms with Crippen molar-refractivity contribution in [1.82, 2.24) is 14.2 Å². The lowest BCUT2D eigenvalue weighted by Crippen LogP contribution is -2.22. The van der Waals surface area contributed by atoms with Gasteiger partial charge in [0.25, 0.3) is 0 Å². The minimum atomic E-state index is -0.701. The Morgan fingerprint density at radius 1 is 1.44 bits per heavy atom. The minimum Gasteiger partial charge on any atom is -0.394 e. The molecule has 0 aromatic carbocycles. The fourth-order valence-electron chi connectivity index (χ4n) is 1.54. The molecule has 2 rings (SSSR count). The molecule has 7 heteroatoms. The molecule has 2 aromatic heterocycles. The van der Waals surface area contributed by atoms with Gasteiger partial charge >= 0.3 is 5.69 Å². The molecule has 0 saturated heterocycles. The van der Waals surface area contributed by atoms with Crippen LogP contribution in [0.5, 0.6) is 0 Å². The number of aromatic nitrogens is 3. The number of fused-ring (bicyclic) bond motifs is 1. The first-order valence-electron chi connectivity index (χ1n) is 5.63. The number of rotatable bonds is 6. The first-order chi connectivity index (χ1) is 8.72. The summed E-state index contributed by atoms with van der Waals surface area (Å²) in [5.74, 6) is 1.12. The molecule has 0 radical (unpaired) electrons. The minimum absolute atomic E-state index is 0.158. The molecule has 1 unspecified atom stereocenters. The maximum Gasteiger partial charge on any atom is 0.350 e. The summed E-state index contributed by atoms with van der Waals surface area (Å²) in [6.07, 6.45) is 0.983. The zero-order valence-corrected chi connectivity index (χ0v) is 10.6. The van der Waals surface area contributed by atoms with Crippen molar-refractivity contribution in [2.45, 2.75) is 12.6 Å². The molecule has 0 aliphatic carbocycles. The number of hydrogen-bond acceptors (Lipinski definition) is 5. The lowest BCUT2D eigenvalue weighted by molar-refractivity contribution is 0.113. The second-order valence-corrected chi connectivity index (χ2v) is 5.00. The van der Waals surface area contributed by atoms with Crippen molar-refractivity contribution in [1.29, 1.82) is 0 Å². The highest BCUT2D eigenvalue weighted by molar-refractivity contribution is 7.99. The molecule has 1 atom stereocenters. The van der Waals surface area contributed by atoms with E-state index < -0.39 is 6.10 Å². The highest BCUT2D eigenvalue weighted by Crippen LogP contribution is 2.03.